The van der Waals surface area contributed by atoms with E-state index in [1.807, 2.05) is 36.4 Å². The zero-order valence-electron chi connectivity index (χ0n) is 12.7. The van der Waals surface area contributed by atoms with Crippen LogP contribution in [0.15, 0.2) is 57.9 Å². The van der Waals surface area contributed by atoms with E-state index >= 15 is 0 Å². The molecule has 6 heteroatoms. The lowest BCUT2D eigenvalue weighted by atomic mass is 9.96. The van der Waals surface area contributed by atoms with E-state index in [9.17, 15) is 17.2 Å². The highest BCUT2D eigenvalue weighted by Gasteiger charge is 2.23. The van der Waals surface area contributed by atoms with E-state index in [4.69, 9.17) is 0 Å². The van der Waals surface area contributed by atoms with E-state index in [0.717, 1.165) is 39.6 Å². The van der Waals surface area contributed by atoms with Gasteiger partial charge in [0.05, 0.1) is 0 Å². The molecule has 0 fully saturated rings. The van der Waals surface area contributed by atoms with E-state index in [1.54, 1.807) is 0 Å². The molecule has 0 atom stereocenters. The van der Waals surface area contributed by atoms with Gasteiger partial charge in [0.15, 0.2) is 9.84 Å². The average Bonchev–Trinajstić information content (AvgIpc) is 2.94. The maximum atomic E-state index is 14.2. The van der Waals surface area contributed by atoms with Crippen molar-refractivity contribution in [3.05, 3.63) is 75.8 Å². The number of rotatable bonds is 3. The summed E-state index contributed by atoms with van der Waals surface area (Å²) in [4.78, 5) is -0.887. The first-order valence-corrected chi connectivity index (χ1v) is 9.81. The van der Waals surface area contributed by atoms with Crippen molar-refractivity contribution in [1.29, 1.82) is 0 Å². The van der Waals surface area contributed by atoms with Crippen LogP contribution < -0.4 is 0 Å². The molecule has 124 valence electrons. The van der Waals surface area contributed by atoms with Gasteiger partial charge in [-0.25, -0.2) is 17.2 Å². The Hall–Kier alpha value is -1.79. The molecule has 0 saturated carbocycles. The van der Waals surface area contributed by atoms with E-state index in [2.05, 4.69) is 15.9 Å². The molecular weight excluding hydrogens is 398 g/mol. The Labute approximate surface area is 147 Å². The van der Waals surface area contributed by atoms with Crippen LogP contribution in [0.25, 0.3) is 11.1 Å². The molecule has 1 aliphatic rings. The molecule has 0 spiro atoms. The van der Waals surface area contributed by atoms with Gasteiger partial charge >= 0.3 is 0 Å². The van der Waals surface area contributed by atoms with Crippen molar-refractivity contribution in [2.45, 2.75) is 11.3 Å². The molecule has 24 heavy (non-hydrogen) atoms. The second-order valence-corrected chi connectivity index (χ2v) is 8.42. The van der Waals surface area contributed by atoms with E-state index in [1.165, 1.54) is 0 Å². The van der Waals surface area contributed by atoms with Gasteiger partial charge in [0.25, 0.3) is 0 Å². The molecular formula is C18H13BrF2O2S. The van der Waals surface area contributed by atoms with Gasteiger partial charge in [0, 0.05) is 10.7 Å². The minimum absolute atomic E-state index is 0.345. The van der Waals surface area contributed by atoms with Gasteiger partial charge < -0.3 is 0 Å². The Morgan fingerprint density at radius 1 is 1.04 bits per heavy atom. The zero-order chi connectivity index (χ0) is 17.5. The predicted molar refractivity (Wildman–Crippen MR) is 94.2 cm³/mol. The van der Waals surface area contributed by atoms with E-state index in [-0.39, 0.29) is 0 Å². The van der Waals surface area contributed by atoms with Crippen molar-refractivity contribution >= 4 is 36.9 Å². The summed E-state index contributed by atoms with van der Waals surface area (Å²) in [6.07, 6.45) is 5.12. The summed E-state index contributed by atoms with van der Waals surface area (Å²) in [5, 5.41) is 0. The maximum Gasteiger partial charge on any atom is 0.181 e. The summed E-state index contributed by atoms with van der Waals surface area (Å²) >= 11 is 3.41. The van der Waals surface area contributed by atoms with Crippen LogP contribution in [0.1, 0.15) is 17.5 Å². The normalized spacial score (nSPS) is 14.5. The standard InChI is InChI=1S/C18H13BrF2O2S/c1-24(22,23)18-16(20)9-12(10-17(18)21)15-7-3-6-14(15)11-4-2-5-13(19)8-11/h2-6,8-10H,7H2,1H3. The largest absolute Gasteiger partial charge is 0.224 e. The molecule has 0 N–H and O–H groups in total. The fourth-order valence-corrected chi connectivity index (χ4v) is 4.02. The van der Waals surface area contributed by atoms with Crippen LogP contribution in [-0.4, -0.2) is 14.7 Å². The van der Waals surface area contributed by atoms with Crippen LogP contribution in [0.4, 0.5) is 8.78 Å². The van der Waals surface area contributed by atoms with Crippen LogP contribution in [0.3, 0.4) is 0 Å². The van der Waals surface area contributed by atoms with E-state index in [0.29, 0.717) is 12.0 Å². The molecule has 0 heterocycles. The first kappa shape index (κ1) is 17.0. The van der Waals surface area contributed by atoms with Crippen molar-refractivity contribution in [3.63, 3.8) is 0 Å². The Morgan fingerprint density at radius 2 is 1.71 bits per heavy atom. The van der Waals surface area contributed by atoms with Crippen LogP contribution in [0.2, 0.25) is 0 Å². The third kappa shape index (κ3) is 3.21. The summed E-state index contributed by atoms with van der Waals surface area (Å²) in [5.41, 5.74) is 2.88. The van der Waals surface area contributed by atoms with Gasteiger partial charge in [-0.05, 0) is 53.0 Å². The van der Waals surface area contributed by atoms with Gasteiger partial charge in [-0.1, -0.05) is 40.2 Å². The molecule has 0 unspecified atom stereocenters. The molecule has 0 radical (unpaired) electrons. The van der Waals surface area contributed by atoms with Crippen LogP contribution in [0, 0.1) is 11.6 Å². The Kier molecular flexibility index (Phi) is 4.44. The lowest BCUT2D eigenvalue weighted by molar-refractivity contribution is 0.520. The highest BCUT2D eigenvalue weighted by molar-refractivity contribution is 9.10. The summed E-state index contributed by atoms with van der Waals surface area (Å²) in [7, 11) is -3.96. The van der Waals surface area contributed by atoms with Crippen molar-refractivity contribution in [1.82, 2.24) is 0 Å². The highest BCUT2D eigenvalue weighted by atomic mass is 79.9. The van der Waals surface area contributed by atoms with Crippen molar-refractivity contribution in [2.24, 2.45) is 0 Å². The van der Waals surface area contributed by atoms with Crippen molar-refractivity contribution in [3.8, 4) is 0 Å². The monoisotopic (exact) mass is 410 g/mol. The van der Waals surface area contributed by atoms with Crippen molar-refractivity contribution < 1.29 is 17.2 Å². The lowest BCUT2D eigenvalue weighted by Gasteiger charge is -2.11. The van der Waals surface area contributed by atoms with Crippen LogP contribution in [0.5, 0.6) is 0 Å². The number of sulfone groups is 1. The molecule has 0 bridgehead atoms. The number of hydrogen-bond acceptors (Lipinski definition) is 2. The van der Waals surface area contributed by atoms with Gasteiger partial charge in [-0.3, -0.25) is 0 Å². The molecule has 0 aliphatic heterocycles. The Bertz CT molecular complexity index is 969. The second kappa shape index (κ2) is 6.26. The summed E-state index contributed by atoms with van der Waals surface area (Å²) in [6, 6.07) is 9.77. The Morgan fingerprint density at radius 3 is 2.29 bits per heavy atom. The summed E-state index contributed by atoms with van der Waals surface area (Å²) < 4.78 is 52.3. The number of hydrogen-bond donors (Lipinski definition) is 0. The second-order valence-electron chi connectivity index (χ2n) is 5.55. The van der Waals surface area contributed by atoms with E-state index < -0.39 is 26.4 Å². The molecule has 1 aliphatic carbocycles. The van der Waals surface area contributed by atoms with Gasteiger partial charge in [0.1, 0.15) is 16.5 Å². The topological polar surface area (TPSA) is 34.1 Å². The third-order valence-corrected chi connectivity index (χ3v) is 5.41. The van der Waals surface area contributed by atoms with Crippen LogP contribution >= 0.6 is 15.9 Å². The maximum absolute atomic E-state index is 14.2. The fourth-order valence-electron chi connectivity index (χ4n) is 2.79. The molecule has 3 rings (SSSR count). The molecule has 0 amide bonds. The number of halogens is 3. The summed E-state index contributed by atoms with van der Waals surface area (Å²) in [6.45, 7) is 0. The molecule has 0 aromatic heterocycles. The molecule has 2 aromatic rings. The third-order valence-electron chi connectivity index (χ3n) is 3.78. The average molecular weight is 411 g/mol. The first-order valence-electron chi connectivity index (χ1n) is 7.12. The minimum Gasteiger partial charge on any atom is -0.224 e. The quantitative estimate of drug-likeness (QED) is 0.713. The summed E-state index contributed by atoms with van der Waals surface area (Å²) in [5.74, 6) is -2.14. The highest BCUT2D eigenvalue weighted by Crippen LogP contribution is 2.37. The predicted octanol–water partition coefficient (Wildman–Crippen LogP) is 5.00. The number of allylic oxidation sites excluding steroid dienone is 4. The van der Waals surface area contributed by atoms with Gasteiger partial charge in [-0.2, -0.15) is 0 Å². The van der Waals surface area contributed by atoms with Gasteiger partial charge in [-0.15, -0.1) is 0 Å². The minimum atomic E-state index is -3.96. The number of benzene rings is 2. The lowest BCUT2D eigenvalue weighted by Crippen LogP contribution is -2.05. The van der Waals surface area contributed by atoms with Crippen molar-refractivity contribution in [2.75, 3.05) is 6.26 Å². The molecule has 0 saturated heterocycles. The fraction of sp³-hybridized carbons (Fsp3) is 0.111. The molecule has 2 aromatic carbocycles. The Balaban J connectivity index is 2.17. The SMILES string of the molecule is CS(=O)(=O)c1c(F)cc(C2=C(c3cccc(Br)c3)C=CC2)cc1F. The zero-order valence-corrected chi connectivity index (χ0v) is 15.1. The molecule has 2 nitrogen and oxygen atoms in total. The van der Waals surface area contributed by atoms with Gasteiger partial charge in [0.2, 0.25) is 0 Å². The first-order chi connectivity index (χ1) is 11.3. The van der Waals surface area contributed by atoms with Crippen LogP contribution in [-0.2, 0) is 9.84 Å². The smallest absolute Gasteiger partial charge is 0.181 e.